The highest BCUT2D eigenvalue weighted by Crippen LogP contribution is 2.24. The summed E-state index contributed by atoms with van der Waals surface area (Å²) >= 11 is 0. The highest BCUT2D eigenvalue weighted by atomic mass is 15.1. The number of aromatic nitrogens is 2. The number of aryl methyl sites for hydroxylation is 1. The lowest BCUT2D eigenvalue weighted by Crippen LogP contribution is -2.07. The standard InChI is InChI=1S/C16H24N2/c1-4-6-9-12-18-15-11-8-7-10-14(15)17-16(18)13(3)5-2/h7-8,10-11,13H,4-6,9,12H2,1-3H3. The smallest absolute Gasteiger partial charge is 0.112 e. The van der Waals surface area contributed by atoms with Crippen LogP contribution in [0.15, 0.2) is 24.3 Å². The van der Waals surface area contributed by atoms with E-state index in [1.54, 1.807) is 0 Å². The second-order valence-corrected chi connectivity index (χ2v) is 5.13. The summed E-state index contributed by atoms with van der Waals surface area (Å²) in [5, 5.41) is 0. The molecule has 1 unspecified atom stereocenters. The summed E-state index contributed by atoms with van der Waals surface area (Å²) in [5.41, 5.74) is 2.44. The quantitative estimate of drug-likeness (QED) is 0.671. The number of unbranched alkanes of at least 4 members (excludes halogenated alkanes) is 2. The van der Waals surface area contributed by atoms with Gasteiger partial charge in [0.25, 0.3) is 0 Å². The summed E-state index contributed by atoms with van der Waals surface area (Å²) in [6.07, 6.45) is 4.97. The lowest BCUT2D eigenvalue weighted by atomic mass is 10.1. The summed E-state index contributed by atoms with van der Waals surface area (Å²) in [7, 11) is 0. The van der Waals surface area contributed by atoms with Crippen molar-refractivity contribution in [1.29, 1.82) is 0 Å². The SMILES string of the molecule is CCCCCn1c(C(C)CC)nc2ccccc21. The number of hydrogen-bond donors (Lipinski definition) is 0. The van der Waals surface area contributed by atoms with Crippen LogP contribution < -0.4 is 0 Å². The zero-order valence-corrected chi connectivity index (χ0v) is 11.8. The second kappa shape index (κ2) is 6.03. The zero-order valence-electron chi connectivity index (χ0n) is 11.8. The molecule has 0 bridgehead atoms. The first-order valence-corrected chi connectivity index (χ1v) is 7.23. The molecule has 0 saturated carbocycles. The van der Waals surface area contributed by atoms with Crippen LogP contribution in [0.2, 0.25) is 0 Å². The molecule has 18 heavy (non-hydrogen) atoms. The van der Waals surface area contributed by atoms with Crippen LogP contribution in [0.5, 0.6) is 0 Å². The summed E-state index contributed by atoms with van der Waals surface area (Å²) in [6.45, 7) is 7.87. The average Bonchev–Trinajstić information content (AvgIpc) is 2.77. The summed E-state index contributed by atoms with van der Waals surface area (Å²) in [6, 6.07) is 8.50. The number of para-hydroxylation sites is 2. The van der Waals surface area contributed by atoms with Crippen LogP contribution in [0.3, 0.4) is 0 Å². The highest BCUT2D eigenvalue weighted by Gasteiger charge is 2.14. The highest BCUT2D eigenvalue weighted by molar-refractivity contribution is 5.76. The van der Waals surface area contributed by atoms with E-state index in [1.807, 2.05) is 0 Å². The van der Waals surface area contributed by atoms with Crippen molar-refractivity contribution < 1.29 is 0 Å². The Labute approximate surface area is 110 Å². The Morgan fingerprint density at radius 2 is 1.94 bits per heavy atom. The van der Waals surface area contributed by atoms with Gasteiger partial charge >= 0.3 is 0 Å². The molecule has 0 amide bonds. The lowest BCUT2D eigenvalue weighted by Gasteiger charge is -2.13. The van der Waals surface area contributed by atoms with E-state index in [2.05, 4.69) is 49.6 Å². The second-order valence-electron chi connectivity index (χ2n) is 5.13. The minimum absolute atomic E-state index is 0.541. The fraction of sp³-hybridized carbons (Fsp3) is 0.562. The first kappa shape index (κ1) is 13.1. The Hall–Kier alpha value is -1.31. The van der Waals surface area contributed by atoms with Gasteiger partial charge in [-0.25, -0.2) is 4.98 Å². The molecule has 0 aliphatic carbocycles. The number of rotatable bonds is 6. The molecule has 0 fully saturated rings. The fourth-order valence-electron chi connectivity index (χ4n) is 2.41. The topological polar surface area (TPSA) is 17.8 Å². The fourth-order valence-corrected chi connectivity index (χ4v) is 2.41. The van der Waals surface area contributed by atoms with Crippen molar-refractivity contribution in [3.63, 3.8) is 0 Å². The molecule has 0 aliphatic heterocycles. The van der Waals surface area contributed by atoms with Crippen LogP contribution in [0.4, 0.5) is 0 Å². The molecule has 2 heteroatoms. The molecular formula is C16H24N2. The van der Waals surface area contributed by atoms with Gasteiger partial charge in [0.2, 0.25) is 0 Å². The van der Waals surface area contributed by atoms with Gasteiger partial charge in [0, 0.05) is 12.5 Å². The van der Waals surface area contributed by atoms with Crippen LogP contribution in [-0.2, 0) is 6.54 Å². The molecule has 0 saturated heterocycles. The van der Waals surface area contributed by atoms with E-state index in [0.717, 1.165) is 18.5 Å². The predicted molar refractivity (Wildman–Crippen MR) is 78.0 cm³/mol. The number of imidazole rings is 1. The third kappa shape index (κ3) is 2.58. The zero-order chi connectivity index (χ0) is 13.0. The molecule has 0 radical (unpaired) electrons. The molecule has 1 atom stereocenters. The van der Waals surface area contributed by atoms with E-state index in [9.17, 15) is 0 Å². The average molecular weight is 244 g/mol. The van der Waals surface area contributed by atoms with Crippen molar-refractivity contribution >= 4 is 11.0 Å². The molecule has 2 rings (SSSR count). The van der Waals surface area contributed by atoms with Gasteiger partial charge < -0.3 is 4.57 Å². The van der Waals surface area contributed by atoms with Crippen molar-refractivity contribution in [1.82, 2.24) is 9.55 Å². The van der Waals surface area contributed by atoms with Crippen molar-refractivity contribution in [3.8, 4) is 0 Å². The number of nitrogens with zero attached hydrogens (tertiary/aromatic N) is 2. The maximum atomic E-state index is 4.83. The van der Waals surface area contributed by atoms with Gasteiger partial charge in [0.1, 0.15) is 5.82 Å². The molecular weight excluding hydrogens is 220 g/mol. The lowest BCUT2D eigenvalue weighted by molar-refractivity contribution is 0.559. The van der Waals surface area contributed by atoms with Crippen LogP contribution in [-0.4, -0.2) is 9.55 Å². The van der Waals surface area contributed by atoms with E-state index < -0.39 is 0 Å². The summed E-state index contributed by atoms with van der Waals surface area (Å²) in [4.78, 5) is 4.83. The minimum atomic E-state index is 0.541. The van der Waals surface area contributed by atoms with Crippen LogP contribution in [0, 0.1) is 0 Å². The van der Waals surface area contributed by atoms with Crippen molar-refractivity contribution in [2.45, 2.75) is 58.9 Å². The monoisotopic (exact) mass is 244 g/mol. The van der Waals surface area contributed by atoms with Crippen LogP contribution in [0.25, 0.3) is 11.0 Å². The third-order valence-electron chi connectivity index (χ3n) is 3.72. The van der Waals surface area contributed by atoms with E-state index in [4.69, 9.17) is 4.98 Å². The van der Waals surface area contributed by atoms with Gasteiger partial charge in [-0.1, -0.05) is 45.7 Å². The molecule has 0 aliphatic rings. The van der Waals surface area contributed by atoms with Crippen LogP contribution >= 0.6 is 0 Å². The Morgan fingerprint density at radius 3 is 2.67 bits per heavy atom. The maximum absolute atomic E-state index is 4.83. The van der Waals surface area contributed by atoms with E-state index in [0.29, 0.717) is 5.92 Å². The number of benzene rings is 1. The molecule has 0 N–H and O–H groups in total. The molecule has 0 spiro atoms. The first-order chi connectivity index (χ1) is 8.77. The molecule has 1 aromatic heterocycles. The van der Waals surface area contributed by atoms with Crippen molar-refractivity contribution in [2.75, 3.05) is 0 Å². The molecule has 98 valence electrons. The van der Waals surface area contributed by atoms with E-state index in [1.165, 1.54) is 30.6 Å². The molecule has 1 heterocycles. The Balaban J connectivity index is 2.37. The predicted octanol–water partition coefficient (Wildman–Crippen LogP) is 4.74. The van der Waals surface area contributed by atoms with Gasteiger partial charge in [-0.2, -0.15) is 0 Å². The van der Waals surface area contributed by atoms with Gasteiger partial charge in [0.15, 0.2) is 0 Å². The largest absolute Gasteiger partial charge is 0.328 e. The van der Waals surface area contributed by atoms with E-state index >= 15 is 0 Å². The van der Waals surface area contributed by atoms with Crippen molar-refractivity contribution in [2.24, 2.45) is 0 Å². The molecule has 2 nitrogen and oxygen atoms in total. The third-order valence-corrected chi connectivity index (χ3v) is 3.72. The van der Waals surface area contributed by atoms with Crippen LogP contribution in [0.1, 0.15) is 58.2 Å². The number of fused-ring (bicyclic) bond motifs is 1. The number of hydrogen-bond acceptors (Lipinski definition) is 1. The van der Waals surface area contributed by atoms with Crippen molar-refractivity contribution in [3.05, 3.63) is 30.1 Å². The Kier molecular flexibility index (Phi) is 4.40. The molecule has 1 aromatic carbocycles. The summed E-state index contributed by atoms with van der Waals surface area (Å²) < 4.78 is 2.43. The maximum Gasteiger partial charge on any atom is 0.112 e. The van der Waals surface area contributed by atoms with Gasteiger partial charge in [-0.3, -0.25) is 0 Å². The van der Waals surface area contributed by atoms with Gasteiger partial charge in [0.05, 0.1) is 11.0 Å². The molecule has 2 aromatic rings. The first-order valence-electron chi connectivity index (χ1n) is 7.23. The Bertz CT molecular complexity index is 499. The van der Waals surface area contributed by atoms with Gasteiger partial charge in [-0.05, 0) is 25.0 Å². The van der Waals surface area contributed by atoms with E-state index in [-0.39, 0.29) is 0 Å². The minimum Gasteiger partial charge on any atom is -0.328 e. The Morgan fingerprint density at radius 1 is 1.17 bits per heavy atom. The summed E-state index contributed by atoms with van der Waals surface area (Å²) in [5.74, 6) is 1.80. The van der Waals surface area contributed by atoms with Gasteiger partial charge in [-0.15, -0.1) is 0 Å². The normalized spacial score (nSPS) is 13.1.